The first kappa shape index (κ1) is 13.1. The van der Waals surface area contributed by atoms with Gasteiger partial charge in [-0.25, -0.2) is 0 Å². The maximum Gasteiger partial charge on any atom is 0.193 e. The molecule has 0 saturated heterocycles. The first-order valence-electron chi connectivity index (χ1n) is 6.24. The lowest BCUT2D eigenvalue weighted by Crippen LogP contribution is -2.23. The van der Waals surface area contributed by atoms with Gasteiger partial charge in [-0.1, -0.05) is 17.7 Å². The van der Waals surface area contributed by atoms with E-state index in [1.54, 1.807) is 4.68 Å². The highest BCUT2D eigenvalue weighted by Crippen LogP contribution is 2.07. The molecular formula is C14H19N5. The molecule has 19 heavy (non-hydrogen) atoms. The second kappa shape index (κ2) is 6.04. The highest BCUT2D eigenvalue weighted by molar-refractivity contribution is 5.92. The van der Waals surface area contributed by atoms with E-state index in [0.29, 0.717) is 12.5 Å². The van der Waals surface area contributed by atoms with E-state index in [-0.39, 0.29) is 0 Å². The van der Waals surface area contributed by atoms with Crippen molar-refractivity contribution in [2.75, 3.05) is 11.9 Å². The minimum atomic E-state index is 0.438. The van der Waals surface area contributed by atoms with Gasteiger partial charge in [0.05, 0.1) is 6.20 Å². The fourth-order valence-corrected chi connectivity index (χ4v) is 1.73. The summed E-state index contributed by atoms with van der Waals surface area (Å²) in [6, 6.07) is 8.04. The summed E-state index contributed by atoms with van der Waals surface area (Å²) in [6.07, 6.45) is 4.67. The van der Waals surface area contributed by atoms with Crippen LogP contribution in [0.3, 0.4) is 0 Å². The van der Waals surface area contributed by atoms with Crippen LogP contribution in [0, 0.1) is 6.92 Å². The van der Waals surface area contributed by atoms with Crippen molar-refractivity contribution >= 4 is 11.6 Å². The first-order valence-corrected chi connectivity index (χ1v) is 6.24. The van der Waals surface area contributed by atoms with E-state index in [2.05, 4.69) is 22.3 Å². The highest BCUT2D eigenvalue weighted by Gasteiger charge is 1.97. The van der Waals surface area contributed by atoms with Crippen molar-refractivity contribution in [1.82, 2.24) is 9.78 Å². The summed E-state index contributed by atoms with van der Waals surface area (Å²) in [7, 11) is 1.90. The number of aromatic nitrogens is 2. The molecule has 1 aromatic carbocycles. The first-order chi connectivity index (χ1) is 9.13. The molecule has 0 saturated carbocycles. The van der Waals surface area contributed by atoms with Crippen LogP contribution in [-0.4, -0.2) is 22.3 Å². The predicted molar refractivity (Wildman–Crippen MR) is 78.2 cm³/mol. The van der Waals surface area contributed by atoms with Crippen LogP contribution in [0.1, 0.15) is 11.1 Å². The Kier molecular flexibility index (Phi) is 4.18. The van der Waals surface area contributed by atoms with Crippen molar-refractivity contribution < 1.29 is 0 Å². The fourth-order valence-electron chi connectivity index (χ4n) is 1.73. The number of nitrogens with one attached hydrogen (secondary N) is 1. The molecule has 0 aliphatic heterocycles. The quantitative estimate of drug-likeness (QED) is 0.647. The summed E-state index contributed by atoms with van der Waals surface area (Å²) in [6.45, 7) is 2.70. The number of rotatable bonds is 4. The molecule has 0 aliphatic rings. The summed E-state index contributed by atoms with van der Waals surface area (Å²) >= 11 is 0. The third-order valence-electron chi connectivity index (χ3n) is 2.76. The van der Waals surface area contributed by atoms with Crippen LogP contribution in [0.5, 0.6) is 0 Å². The van der Waals surface area contributed by atoms with Crippen LogP contribution in [0.2, 0.25) is 0 Å². The van der Waals surface area contributed by atoms with Crippen LogP contribution in [-0.2, 0) is 13.5 Å². The van der Waals surface area contributed by atoms with Gasteiger partial charge in [-0.05, 0) is 31.0 Å². The fraction of sp³-hybridized carbons (Fsp3) is 0.286. The average molecular weight is 257 g/mol. The van der Waals surface area contributed by atoms with E-state index in [1.165, 1.54) is 5.56 Å². The summed E-state index contributed by atoms with van der Waals surface area (Å²) in [4.78, 5) is 4.29. The van der Waals surface area contributed by atoms with Gasteiger partial charge in [-0.3, -0.25) is 9.67 Å². The third-order valence-corrected chi connectivity index (χ3v) is 2.76. The smallest absolute Gasteiger partial charge is 0.193 e. The SMILES string of the molecule is Cc1ccc(NC(N)=NCCc2cnn(C)c2)cc1. The van der Waals surface area contributed by atoms with E-state index < -0.39 is 0 Å². The molecule has 5 nitrogen and oxygen atoms in total. The minimum absolute atomic E-state index is 0.438. The van der Waals surface area contributed by atoms with Gasteiger partial charge in [0.25, 0.3) is 0 Å². The van der Waals surface area contributed by atoms with Crippen LogP contribution in [0.15, 0.2) is 41.7 Å². The van der Waals surface area contributed by atoms with E-state index >= 15 is 0 Å². The Morgan fingerprint density at radius 3 is 2.74 bits per heavy atom. The number of hydrogen-bond donors (Lipinski definition) is 2. The van der Waals surface area contributed by atoms with Crippen molar-refractivity contribution in [3.63, 3.8) is 0 Å². The zero-order valence-electron chi connectivity index (χ0n) is 11.3. The number of guanidine groups is 1. The van der Waals surface area contributed by atoms with Gasteiger partial charge in [0, 0.05) is 25.5 Å². The van der Waals surface area contributed by atoms with Crippen LogP contribution in [0.25, 0.3) is 0 Å². The number of benzene rings is 1. The molecule has 0 atom stereocenters. The van der Waals surface area contributed by atoms with Gasteiger partial charge in [0.2, 0.25) is 0 Å². The lowest BCUT2D eigenvalue weighted by molar-refractivity contribution is 0.766. The summed E-state index contributed by atoms with van der Waals surface area (Å²) in [5.74, 6) is 0.438. The van der Waals surface area contributed by atoms with E-state index in [9.17, 15) is 0 Å². The lowest BCUT2D eigenvalue weighted by Gasteiger charge is -2.05. The van der Waals surface area contributed by atoms with E-state index in [0.717, 1.165) is 17.7 Å². The van der Waals surface area contributed by atoms with Gasteiger partial charge >= 0.3 is 0 Å². The van der Waals surface area contributed by atoms with Crippen LogP contribution >= 0.6 is 0 Å². The van der Waals surface area contributed by atoms with Gasteiger partial charge in [-0.15, -0.1) is 0 Å². The topological polar surface area (TPSA) is 68.2 Å². The average Bonchev–Trinajstić information content (AvgIpc) is 2.78. The molecule has 0 unspecified atom stereocenters. The Labute approximate surface area is 113 Å². The molecule has 5 heteroatoms. The Morgan fingerprint density at radius 1 is 1.37 bits per heavy atom. The second-order valence-electron chi connectivity index (χ2n) is 4.53. The van der Waals surface area contributed by atoms with Crippen molar-refractivity contribution in [3.05, 3.63) is 47.8 Å². The molecule has 0 radical (unpaired) electrons. The van der Waals surface area contributed by atoms with Gasteiger partial charge < -0.3 is 11.1 Å². The zero-order chi connectivity index (χ0) is 13.7. The van der Waals surface area contributed by atoms with Crippen LogP contribution in [0.4, 0.5) is 5.69 Å². The standard InChI is InChI=1S/C14H19N5/c1-11-3-5-13(6-4-11)18-14(15)16-8-7-12-9-17-19(2)10-12/h3-6,9-10H,7-8H2,1-2H3,(H3,15,16,18). The third kappa shape index (κ3) is 4.13. The molecule has 1 heterocycles. The summed E-state index contributed by atoms with van der Waals surface area (Å²) in [5, 5.41) is 7.18. The van der Waals surface area contributed by atoms with Crippen molar-refractivity contribution in [1.29, 1.82) is 0 Å². The van der Waals surface area contributed by atoms with E-state index in [4.69, 9.17) is 5.73 Å². The maximum absolute atomic E-state index is 5.83. The van der Waals surface area contributed by atoms with Crippen molar-refractivity contribution in [2.24, 2.45) is 17.8 Å². The minimum Gasteiger partial charge on any atom is -0.370 e. The van der Waals surface area contributed by atoms with Gasteiger partial charge in [0.1, 0.15) is 0 Å². The van der Waals surface area contributed by atoms with E-state index in [1.807, 2.05) is 43.7 Å². The number of nitrogens with zero attached hydrogens (tertiary/aromatic N) is 3. The molecule has 0 bridgehead atoms. The summed E-state index contributed by atoms with van der Waals surface area (Å²) in [5.41, 5.74) is 9.16. The highest BCUT2D eigenvalue weighted by atomic mass is 15.2. The molecule has 0 amide bonds. The molecule has 100 valence electrons. The second-order valence-corrected chi connectivity index (χ2v) is 4.53. The number of nitrogens with two attached hydrogens (primary N) is 1. The molecule has 3 N–H and O–H groups in total. The molecule has 0 fully saturated rings. The Hall–Kier alpha value is -2.30. The number of aryl methyl sites for hydroxylation is 2. The van der Waals surface area contributed by atoms with Gasteiger partial charge in [0.15, 0.2) is 5.96 Å². The molecule has 1 aromatic heterocycles. The lowest BCUT2D eigenvalue weighted by atomic mass is 10.2. The van der Waals surface area contributed by atoms with Gasteiger partial charge in [-0.2, -0.15) is 5.10 Å². The Morgan fingerprint density at radius 2 is 2.11 bits per heavy atom. The molecule has 0 aliphatic carbocycles. The zero-order valence-corrected chi connectivity index (χ0v) is 11.3. The summed E-state index contributed by atoms with van der Waals surface area (Å²) < 4.78 is 1.78. The molecule has 2 rings (SSSR count). The monoisotopic (exact) mass is 257 g/mol. The normalized spacial score (nSPS) is 11.6. The number of hydrogen-bond acceptors (Lipinski definition) is 2. The Bertz CT molecular complexity index is 553. The number of aliphatic imine (C=N–C) groups is 1. The van der Waals surface area contributed by atoms with Crippen molar-refractivity contribution in [3.8, 4) is 0 Å². The molecule has 2 aromatic rings. The Balaban J connectivity index is 1.84. The largest absolute Gasteiger partial charge is 0.370 e. The van der Waals surface area contributed by atoms with Crippen LogP contribution < -0.4 is 11.1 Å². The maximum atomic E-state index is 5.83. The van der Waals surface area contributed by atoms with Crippen molar-refractivity contribution in [2.45, 2.75) is 13.3 Å². The number of anilines is 1. The molecular weight excluding hydrogens is 238 g/mol. The molecule has 0 spiro atoms. The predicted octanol–water partition coefficient (Wildman–Crippen LogP) is 1.70.